The Morgan fingerprint density at radius 2 is 1.30 bits per heavy atom. The zero-order chi connectivity index (χ0) is 23.4. The summed E-state index contributed by atoms with van der Waals surface area (Å²) < 4.78 is 31.5. The summed E-state index contributed by atoms with van der Waals surface area (Å²) in [6.45, 7) is 0. The molecule has 2 nitrogen and oxygen atoms in total. The van der Waals surface area contributed by atoms with E-state index in [-0.39, 0.29) is 0 Å². The van der Waals surface area contributed by atoms with Gasteiger partial charge >= 0.3 is 6.18 Å². The van der Waals surface area contributed by atoms with Gasteiger partial charge in [-0.25, -0.2) is 0 Å². The van der Waals surface area contributed by atoms with E-state index < -0.39 is 12.1 Å². The predicted octanol–water partition coefficient (Wildman–Crippen LogP) is 6.43. The van der Waals surface area contributed by atoms with Gasteiger partial charge in [-0.2, -0.15) is 13.2 Å². The number of aryl methyl sites for hydroxylation is 1. The summed E-state index contributed by atoms with van der Waals surface area (Å²) in [5.74, 6) is -3.01. The summed E-state index contributed by atoms with van der Waals surface area (Å²) in [5.41, 5.74) is 8.37. The number of rotatable bonds is 2. The summed E-state index contributed by atoms with van der Waals surface area (Å²) in [6.07, 6.45) is -2.96. The first-order valence-electron chi connectivity index (χ1n) is 10.3. The van der Waals surface area contributed by atoms with Crippen molar-refractivity contribution >= 4 is 17.3 Å². The van der Waals surface area contributed by atoms with Gasteiger partial charge in [-0.15, -0.1) is 0 Å². The third kappa shape index (κ3) is 5.12. The Bertz CT molecular complexity index is 1250. The van der Waals surface area contributed by atoms with Crippen LogP contribution in [0.2, 0.25) is 0 Å². The summed E-state index contributed by atoms with van der Waals surface area (Å²) in [6, 6.07) is 32.9. The van der Waals surface area contributed by atoms with Crippen LogP contribution in [0.3, 0.4) is 0 Å². The number of aliphatic carboxylic acids is 1. The topological polar surface area (TPSA) is 40.1 Å². The van der Waals surface area contributed by atoms with E-state index in [2.05, 4.69) is 91.0 Å². The molecule has 1 heterocycles. The second-order valence-corrected chi connectivity index (χ2v) is 8.56. The van der Waals surface area contributed by atoms with Gasteiger partial charge in [0.1, 0.15) is 5.97 Å². The van der Waals surface area contributed by atoms with E-state index in [1.165, 1.54) is 43.1 Å². The second-order valence-electron chi connectivity index (χ2n) is 7.51. The van der Waals surface area contributed by atoms with Crippen molar-refractivity contribution in [3.05, 3.63) is 102 Å². The van der Waals surface area contributed by atoms with Gasteiger partial charge in [-0.05, 0) is 47.7 Å². The Morgan fingerprint density at radius 1 is 0.758 bits per heavy atom. The lowest BCUT2D eigenvalue weighted by Crippen LogP contribution is -2.37. The van der Waals surface area contributed by atoms with Crippen molar-refractivity contribution in [3.8, 4) is 32.0 Å². The van der Waals surface area contributed by atoms with Crippen molar-refractivity contribution in [2.24, 2.45) is 0 Å². The van der Waals surface area contributed by atoms with Crippen molar-refractivity contribution in [2.75, 3.05) is 0 Å². The summed E-state index contributed by atoms with van der Waals surface area (Å²) in [4.78, 5) is 11.6. The molecule has 3 aromatic carbocycles. The SMILES string of the molecule is O=C([O-])C(F)(F)F.c1ccc(-c2cc(-c3ccccc3)c3c([s+]2)-c2ccccc2CC3)cc1. The zero-order valence-corrected chi connectivity index (χ0v) is 18.2. The quantitative estimate of drug-likeness (QED) is 0.321. The number of hydrogen-bond acceptors (Lipinski definition) is 2. The van der Waals surface area contributed by atoms with Crippen LogP contribution in [0.4, 0.5) is 13.2 Å². The number of fused-ring (bicyclic) bond motifs is 3. The van der Waals surface area contributed by atoms with Gasteiger partial charge in [-0.1, -0.05) is 66.7 Å². The molecule has 0 saturated carbocycles. The number of benzene rings is 3. The predicted molar refractivity (Wildman–Crippen MR) is 124 cm³/mol. The lowest BCUT2D eigenvalue weighted by atomic mass is 9.87. The lowest BCUT2D eigenvalue weighted by molar-refractivity contribution is -0.344. The molecule has 0 bridgehead atoms. The number of hydrogen-bond donors (Lipinski definition) is 0. The van der Waals surface area contributed by atoms with Gasteiger partial charge in [0.15, 0.2) is 0 Å². The van der Waals surface area contributed by atoms with Crippen LogP contribution < -0.4 is 5.11 Å². The first-order valence-corrected chi connectivity index (χ1v) is 11.1. The van der Waals surface area contributed by atoms with Crippen molar-refractivity contribution in [2.45, 2.75) is 19.0 Å². The molecule has 0 amide bonds. The molecule has 0 spiro atoms. The van der Waals surface area contributed by atoms with E-state index >= 15 is 0 Å². The average molecular weight is 465 g/mol. The number of alkyl halides is 3. The first-order chi connectivity index (χ1) is 15.8. The van der Waals surface area contributed by atoms with E-state index in [1.807, 2.05) is 11.3 Å². The van der Waals surface area contributed by atoms with E-state index in [9.17, 15) is 13.2 Å². The van der Waals surface area contributed by atoms with Gasteiger partial charge in [-0.3, -0.25) is 0 Å². The molecule has 0 N–H and O–H groups in total. The smallest absolute Gasteiger partial charge is 0.430 e. The molecule has 1 aliphatic rings. The van der Waals surface area contributed by atoms with Crippen LogP contribution in [-0.4, -0.2) is 12.1 Å². The maximum atomic E-state index is 10.5. The Hall–Kier alpha value is -3.51. The molecule has 1 aromatic heterocycles. The molecular formula is C27H19F3O2S. The normalized spacial score (nSPS) is 12.1. The minimum atomic E-state index is -5.19. The highest BCUT2D eigenvalue weighted by Crippen LogP contribution is 2.45. The summed E-state index contributed by atoms with van der Waals surface area (Å²) >= 11 is 1.93. The lowest BCUT2D eigenvalue weighted by Gasteiger charge is -2.17. The second kappa shape index (κ2) is 9.55. The van der Waals surface area contributed by atoms with Crippen LogP contribution in [0, 0.1) is 0 Å². The van der Waals surface area contributed by atoms with Crippen LogP contribution in [-0.2, 0) is 17.6 Å². The highest BCUT2D eigenvalue weighted by atomic mass is 32.1. The first kappa shape index (κ1) is 22.7. The molecule has 4 aromatic rings. The number of carboxylic acid groups (broad SMARTS) is 1. The Kier molecular flexibility index (Phi) is 6.56. The average Bonchev–Trinajstić information content (AvgIpc) is 2.84. The maximum absolute atomic E-state index is 10.5. The molecule has 0 atom stereocenters. The largest absolute Gasteiger partial charge is 0.542 e. The zero-order valence-electron chi connectivity index (χ0n) is 17.4. The fourth-order valence-electron chi connectivity index (χ4n) is 3.85. The Labute approximate surface area is 193 Å². The van der Waals surface area contributed by atoms with Gasteiger partial charge < -0.3 is 9.90 Å². The van der Waals surface area contributed by atoms with Gasteiger partial charge in [0.25, 0.3) is 0 Å². The maximum Gasteiger partial charge on any atom is 0.430 e. The Morgan fingerprint density at radius 3 is 1.91 bits per heavy atom. The fraction of sp³-hybridized carbons (Fsp3) is 0.111. The standard InChI is InChI=1S/C25H19S.C2HF3O2/c1-3-9-18(10-4-1)23-17-24(20-12-5-2-6-13-20)26-25-21-14-8-7-11-19(21)15-16-22(23)25;3-2(4,5)1(6)7/h1-14,17H,15-16H2;(H,6,7)/q+1;/p-1. The molecule has 5 rings (SSSR count). The third-order valence-electron chi connectivity index (χ3n) is 5.37. The van der Waals surface area contributed by atoms with E-state index in [0.29, 0.717) is 0 Å². The minimum Gasteiger partial charge on any atom is -0.542 e. The van der Waals surface area contributed by atoms with Crippen LogP contribution in [0.1, 0.15) is 11.1 Å². The fourth-order valence-corrected chi connectivity index (χ4v) is 5.14. The number of carboxylic acids is 1. The number of carbonyl (C=O) groups excluding carboxylic acids is 1. The number of halogens is 3. The van der Waals surface area contributed by atoms with E-state index in [1.54, 1.807) is 0 Å². The summed E-state index contributed by atoms with van der Waals surface area (Å²) in [7, 11) is 0. The molecule has 33 heavy (non-hydrogen) atoms. The summed E-state index contributed by atoms with van der Waals surface area (Å²) in [5, 5.41) is 8.78. The van der Waals surface area contributed by atoms with E-state index in [4.69, 9.17) is 9.90 Å². The van der Waals surface area contributed by atoms with Crippen molar-refractivity contribution in [1.29, 1.82) is 0 Å². The monoisotopic (exact) mass is 464 g/mol. The molecule has 0 aliphatic heterocycles. The molecule has 1 aliphatic carbocycles. The highest BCUT2D eigenvalue weighted by molar-refractivity contribution is 7.18. The van der Waals surface area contributed by atoms with Crippen molar-refractivity contribution < 1.29 is 23.1 Å². The molecule has 0 fully saturated rings. The van der Waals surface area contributed by atoms with Crippen LogP contribution in [0.15, 0.2) is 91.0 Å². The minimum absolute atomic E-state index is 1.11. The third-order valence-corrected chi connectivity index (χ3v) is 6.61. The highest BCUT2D eigenvalue weighted by Gasteiger charge is 2.30. The van der Waals surface area contributed by atoms with Gasteiger partial charge in [0.05, 0.1) is 0 Å². The molecule has 166 valence electrons. The van der Waals surface area contributed by atoms with Gasteiger partial charge in [0, 0.05) is 22.8 Å². The molecule has 0 radical (unpaired) electrons. The van der Waals surface area contributed by atoms with Crippen molar-refractivity contribution in [1.82, 2.24) is 0 Å². The molecule has 0 saturated heterocycles. The van der Waals surface area contributed by atoms with Crippen LogP contribution in [0.25, 0.3) is 32.0 Å². The van der Waals surface area contributed by atoms with Crippen LogP contribution >= 0.6 is 11.3 Å². The molecule has 0 unspecified atom stereocenters. The molecule has 6 heteroatoms. The van der Waals surface area contributed by atoms with Gasteiger partial charge in [0.2, 0.25) is 21.1 Å². The van der Waals surface area contributed by atoms with E-state index in [0.717, 1.165) is 12.8 Å². The number of carbonyl (C=O) groups is 1. The van der Waals surface area contributed by atoms with Crippen molar-refractivity contribution in [3.63, 3.8) is 0 Å². The van der Waals surface area contributed by atoms with Crippen LogP contribution in [0.5, 0.6) is 0 Å². The Balaban J connectivity index is 0.000000325. The molecular weight excluding hydrogens is 445 g/mol.